The molecule has 1 aromatic rings. The van der Waals surface area contributed by atoms with E-state index in [2.05, 4.69) is 24.3 Å². The number of aliphatic hydroxyl groups is 1. The molecule has 1 N–H and O–H groups in total. The van der Waals surface area contributed by atoms with Gasteiger partial charge in [0.05, 0.1) is 18.8 Å². The largest absolute Gasteiger partial charge is 0.393 e. The number of fused-ring (bicyclic) bond motifs is 2. The minimum atomic E-state index is -0.0712. The van der Waals surface area contributed by atoms with E-state index in [1.165, 1.54) is 31.2 Å². The van der Waals surface area contributed by atoms with Gasteiger partial charge in [0.2, 0.25) is 0 Å². The average molecular weight is 246 g/mol. The normalized spacial score (nSPS) is 35.4. The van der Waals surface area contributed by atoms with Crippen LogP contribution < -0.4 is 0 Å². The predicted molar refractivity (Wildman–Crippen MR) is 71.1 cm³/mol. The van der Waals surface area contributed by atoms with Gasteiger partial charge in [-0.1, -0.05) is 36.8 Å². The van der Waals surface area contributed by atoms with E-state index in [-0.39, 0.29) is 6.10 Å². The Kier molecular flexibility index (Phi) is 3.67. The van der Waals surface area contributed by atoms with Crippen molar-refractivity contribution in [3.63, 3.8) is 0 Å². The summed E-state index contributed by atoms with van der Waals surface area (Å²) in [6, 6.07) is 10.4. The first kappa shape index (κ1) is 12.2. The van der Waals surface area contributed by atoms with Crippen LogP contribution in [0, 0.1) is 11.8 Å². The molecule has 0 saturated heterocycles. The third kappa shape index (κ3) is 2.60. The molecule has 4 atom stereocenters. The van der Waals surface area contributed by atoms with Gasteiger partial charge in [-0.2, -0.15) is 0 Å². The molecule has 1 aromatic carbocycles. The molecule has 98 valence electrons. The van der Waals surface area contributed by atoms with Crippen LogP contribution in [0.3, 0.4) is 0 Å². The summed E-state index contributed by atoms with van der Waals surface area (Å²) < 4.78 is 6.12. The van der Waals surface area contributed by atoms with E-state index in [0.717, 1.165) is 6.42 Å². The maximum Gasteiger partial charge on any atom is 0.0720 e. The number of hydrogen-bond acceptors (Lipinski definition) is 2. The van der Waals surface area contributed by atoms with Crippen molar-refractivity contribution in [2.75, 3.05) is 0 Å². The summed E-state index contributed by atoms with van der Waals surface area (Å²) in [5.74, 6) is 1.12. The topological polar surface area (TPSA) is 29.5 Å². The summed E-state index contributed by atoms with van der Waals surface area (Å²) in [6.45, 7) is 0.711. The Morgan fingerprint density at radius 2 is 1.89 bits per heavy atom. The van der Waals surface area contributed by atoms with Gasteiger partial charge in [-0.3, -0.25) is 0 Å². The SMILES string of the molecule is O[C@H]1C[C@H]2C[C@H]1CCC[C@@H]2OCc1ccccc1. The third-order valence-electron chi connectivity index (χ3n) is 4.59. The molecule has 0 spiro atoms. The highest BCUT2D eigenvalue weighted by Crippen LogP contribution is 2.42. The van der Waals surface area contributed by atoms with E-state index in [1.54, 1.807) is 0 Å². The molecule has 0 aliphatic heterocycles. The van der Waals surface area contributed by atoms with Crippen LogP contribution in [0.2, 0.25) is 0 Å². The smallest absolute Gasteiger partial charge is 0.0720 e. The van der Waals surface area contributed by atoms with E-state index in [9.17, 15) is 5.11 Å². The van der Waals surface area contributed by atoms with Crippen LogP contribution in [-0.4, -0.2) is 17.3 Å². The monoisotopic (exact) mass is 246 g/mol. The zero-order chi connectivity index (χ0) is 12.4. The van der Waals surface area contributed by atoms with Crippen molar-refractivity contribution >= 4 is 0 Å². The van der Waals surface area contributed by atoms with Crippen LogP contribution in [0.5, 0.6) is 0 Å². The van der Waals surface area contributed by atoms with Gasteiger partial charge in [0, 0.05) is 0 Å². The van der Waals surface area contributed by atoms with Gasteiger partial charge in [-0.05, 0) is 43.1 Å². The van der Waals surface area contributed by atoms with Gasteiger partial charge >= 0.3 is 0 Å². The van der Waals surface area contributed by atoms with Crippen LogP contribution in [0.15, 0.2) is 30.3 Å². The molecule has 2 fully saturated rings. The van der Waals surface area contributed by atoms with Crippen molar-refractivity contribution in [1.29, 1.82) is 0 Å². The van der Waals surface area contributed by atoms with Crippen LogP contribution >= 0.6 is 0 Å². The molecule has 3 rings (SSSR count). The van der Waals surface area contributed by atoms with Crippen molar-refractivity contribution in [3.8, 4) is 0 Å². The predicted octanol–water partition coefficient (Wildman–Crippen LogP) is 3.14. The van der Waals surface area contributed by atoms with E-state index in [1.807, 2.05) is 6.07 Å². The lowest BCUT2D eigenvalue weighted by Gasteiger charge is -2.23. The highest BCUT2D eigenvalue weighted by Gasteiger charge is 2.39. The molecule has 2 aliphatic rings. The fraction of sp³-hybridized carbons (Fsp3) is 0.625. The molecule has 0 radical (unpaired) electrons. The van der Waals surface area contributed by atoms with Gasteiger partial charge in [-0.25, -0.2) is 0 Å². The fourth-order valence-electron chi connectivity index (χ4n) is 3.57. The maximum absolute atomic E-state index is 9.97. The number of rotatable bonds is 3. The second-order valence-corrected chi connectivity index (χ2v) is 5.82. The van der Waals surface area contributed by atoms with Gasteiger partial charge in [0.25, 0.3) is 0 Å². The van der Waals surface area contributed by atoms with Crippen molar-refractivity contribution in [1.82, 2.24) is 0 Å². The van der Waals surface area contributed by atoms with Crippen LogP contribution in [0.25, 0.3) is 0 Å². The van der Waals surface area contributed by atoms with Gasteiger partial charge in [-0.15, -0.1) is 0 Å². The lowest BCUT2D eigenvalue weighted by molar-refractivity contribution is -0.00752. The van der Waals surface area contributed by atoms with E-state index in [0.29, 0.717) is 24.5 Å². The molecule has 0 amide bonds. The van der Waals surface area contributed by atoms with Gasteiger partial charge < -0.3 is 9.84 Å². The first-order valence-electron chi connectivity index (χ1n) is 7.16. The molecule has 18 heavy (non-hydrogen) atoms. The standard InChI is InChI=1S/C16H22O2/c17-15-10-14-9-13(15)7-4-8-16(14)18-11-12-5-2-1-3-6-12/h1-3,5-6,13-17H,4,7-11H2/t13-,14-,15+,16+/m1/s1. The Morgan fingerprint density at radius 1 is 1.06 bits per heavy atom. The Balaban J connectivity index is 1.59. The Bertz CT molecular complexity index is 376. The van der Waals surface area contributed by atoms with Gasteiger partial charge in [0.1, 0.15) is 0 Å². The quantitative estimate of drug-likeness (QED) is 0.887. The van der Waals surface area contributed by atoms with E-state index < -0.39 is 0 Å². The summed E-state index contributed by atoms with van der Waals surface area (Å²) >= 11 is 0. The van der Waals surface area contributed by atoms with Crippen LogP contribution in [-0.2, 0) is 11.3 Å². The zero-order valence-electron chi connectivity index (χ0n) is 10.8. The molecule has 0 aromatic heterocycles. The lowest BCUT2D eigenvalue weighted by Crippen LogP contribution is -2.23. The van der Waals surface area contributed by atoms with Crippen molar-refractivity contribution in [2.45, 2.75) is 50.9 Å². The van der Waals surface area contributed by atoms with Crippen molar-refractivity contribution in [3.05, 3.63) is 35.9 Å². The van der Waals surface area contributed by atoms with E-state index in [4.69, 9.17) is 4.74 Å². The highest BCUT2D eigenvalue weighted by atomic mass is 16.5. The first-order chi connectivity index (χ1) is 8.83. The van der Waals surface area contributed by atoms with Gasteiger partial charge in [0.15, 0.2) is 0 Å². The molecule has 0 unspecified atom stereocenters. The van der Waals surface area contributed by atoms with Crippen molar-refractivity contribution in [2.24, 2.45) is 11.8 Å². The number of benzene rings is 1. The lowest BCUT2D eigenvalue weighted by atomic mass is 9.96. The number of aliphatic hydroxyl groups excluding tert-OH is 1. The Hall–Kier alpha value is -0.860. The molecule has 2 nitrogen and oxygen atoms in total. The molecular weight excluding hydrogens is 224 g/mol. The molecule has 2 bridgehead atoms. The highest BCUT2D eigenvalue weighted by molar-refractivity contribution is 5.13. The van der Waals surface area contributed by atoms with Crippen molar-refractivity contribution < 1.29 is 9.84 Å². The number of hydrogen-bond donors (Lipinski definition) is 1. The summed E-state index contributed by atoms with van der Waals surface area (Å²) in [6.07, 6.45) is 5.96. The zero-order valence-corrected chi connectivity index (χ0v) is 10.8. The number of ether oxygens (including phenoxy) is 1. The molecule has 2 aliphatic carbocycles. The first-order valence-corrected chi connectivity index (χ1v) is 7.16. The Morgan fingerprint density at radius 3 is 2.72 bits per heavy atom. The second kappa shape index (κ2) is 5.41. The van der Waals surface area contributed by atoms with E-state index >= 15 is 0 Å². The molecule has 2 saturated carbocycles. The fourth-order valence-corrected chi connectivity index (χ4v) is 3.57. The second-order valence-electron chi connectivity index (χ2n) is 5.82. The Labute approximate surface area is 109 Å². The third-order valence-corrected chi connectivity index (χ3v) is 4.59. The molecule has 0 heterocycles. The summed E-state index contributed by atoms with van der Waals surface area (Å²) in [4.78, 5) is 0. The molecular formula is C16H22O2. The summed E-state index contributed by atoms with van der Waals surface area (Å²) in [5.41, 5.74) is 1.25. The summed E-state index contributed by atoms with van der Waals surface area (Å²) in [5, 5.41) is 9.97. The minimum absolute atomic E-state index is 0.0712. The minimum Gasteiger partial charge on any atom is -0.393 e. The molecule has 2 heteroatoms. The average Bonchev–Trinajstić information content (AvgIpc) is 2.64. The summed E-state index contributed by atoms with van der Waals surface area (Å²) in [7, 11) is 0. The maximum atomic E-state index is 9.97. The van der Waals surface area contributed by atoms with Crippen LogP contribution in [0.4, 0.5) is 0 Å². The van der Waals surface area contributed by atoms with Crippen LogP contribution in [0.1, 0.15) is 37.7 Å².